The Bertz CT molecular complexity index is 859. The Morgan fingerprint density at radius 3 is 2.68 bits per heavy atom. The largest absolute Gasteiger partial charge is 0.493 e. The maximum absolute atomic E-state index is 12.9. The molecule has 1 aromatic carbocycles. The maximum Gasteiger partial charge on any atom is 0.239 e. The zero-order valence-electron chi connectivity index (χ0n) is 20.0. The minimum Gasteiger partial charge on any atom is -0.493 e. The Labute approximate surface area is 206 Å². The van der Waals surface area contributed by atoms with Gasteiger partial charge in [-0.1, -0.05) is 30.9 Å². The number of benzene rings is 1. The summed E-state index contributed by atoms with van der Waals surface area (Å²) in [5.41, 5.74) is 7.03. The molecule has 188 valence electrons. The van der Waals surface area contributed by atoms with Crippen molar-refractivity contribution in [2.24, 2.45) is 17.6 Å². The van der Waals surface area contributed by atoms with Crippen LogP contribution in [0.3, 0.4) is 0 Å². The Hall–Kier alpha value is -2.32. The molecular formula is C25H37ClN4O4. The van der Waals surface area contributed by atoms with Gasteiger partial charge in [-0.05, 0) is 50.3 Å². The van der Waals surface area contributed by atoms with E-state index in [9.17, 15) is 14.4 Å². The smallest absolute Gasteiger partial charge is 0.239 e. The number of amides is 3. The molecule has 2 atom stereocenters. The Morgan fingerprint density at radius 1 is 1.18 bits per heavy atom. The van der Waals surface area contributed by atoms with Gasteiger partial charge in [-0.2, -0.15) is 0 Å². The third-order valence-corrected chi connectivity index (χ3v) is 6.98. The van der Waals surface area contributed by atoms with Crippen LogP contribution in [0.25, 0.3) is 0 Å². The second-order valence-corrected chi connectivity index (χ2v) is 9.65. The summed E-state index contributed by atoms with van der Waals surface area (Å²) < 4.78 is 5.76. The van der Waals surface area contributed by atoms with Crippen LogP contribution in [-0.2, 0) is 20.9 Å². The highest BCUT2D eigenvalue weighted by molar-refractivity contribution is 6.30. The third-order valence-electron chi connectivity index (χ3n) is 6.75. The Kier molecular flexibility index (Phi) is 10.0. The lowest BCUT2D eigenvalue weighted by Gasteiger charge is -2.29. The number of halogens is 1. The molecule has 3 rings (SSSR count). The van der Waals surface area contributed by atoms with Gasteiger partial charge in [-0.3, -0.25) is 14.4 Å². The lowest BCUT2D eigenvalue weighted by Crippen LogP contribution is -2.47. The molecule has 0 spiro atoms. The van der Waals surface area contributed by atoms with Crippen LogP contribution >= 0.6 is 11.6 Å². The summed E-state index contributed by atoms with van der Waals surface area (Å²) in [6.45, 7) is 3.88. The predicted octanol–water partition coefficient (Wildman–Crippen LogP) is 2.62. The standard InChI is InChI=1S/C25H37ClN4O4/c1-2-28-22(31)11-13-34-21-9-8-20(26)14-19(21)15-29-24(32)18-10-12-30(16-18)25(33)23(27)17-6-4-3-5-7-17/h8-9,14,17-18,23H,2-7,10-13,15-16,27H2,1H3,(H,28,31)(H,29,32). The van der Waals surface area contributed by atoms with Gasteiger partial charge in [0.2, 0.25) is 17.7 Å². The first-order chi connectivity index (χ1) is 16.4. The molecule has 0 aromatic heterocycles. The fraction of sp³-hybridized carbons (Fsp3) is 0.640. The van der Waals surface area contributed by atoms with E-state index in [0.29, 0.717) is 36.8 Å². The predicted molar refractivity (Wildman–Crippen MR) is 131 cm³/mol. The van der Waals surface area contributed by atoms with E-state index in [4.69, 9.17) is 22.1 Å². The molecule has 9 heteroatoms. The molecule has 1 heterocycles. The molecule has 4 N–H and O–H groups in total. The van der Waals surface area contributed by atoms with Crippen LogP contribution in [0.4, 0.5) is 0 Å². The van der Waals surface area contributed by atoms with Gasteiger partial charge in [0.05, 0.1) is 25.0 Å². The van der Waals surface area contributed by atoms with Crippen LogP contribution in [0, 0.1) is 11.8 Å². The average molecular weight is 493 g/mol. The number of nitrogens with two attached hydrogens (primary N) is 1. The molecule has 1 aromatic rings. The van der Waals surface area contributed by atoms with Crippen molar-refractivity contribution >= 4 is 29.3 Å². The number of rotatable bonds is 10. The van der Waals surface area contributed by atoms with Crippen molar-refractivity contribution < 1.29 is 19.1 Å². The van der Waals surface area contributed by atoms with Crippen LogP contribution in [0.5, 0.6) is 5.75 Å². The van der Waals surface area contributed by atoms with E-state index in [1.165, 1.54) is 6.42 Å². The monoisotopic (exact) mass is 492 g/mol. The van der Waals surface area contributed by atoms with Gasteiger partial charge in [0.25, 0.3) is 0 Å². The summed E-state index contributed by atoms with van der Waals surface area (Å²) in [6.07, 6.45) is 6.39. The van der Waals surface area contributed by atoms with Crippen molar-refractivity contribution in [2.75, 3.05) is 26.2 Å². The minimum absolute atomic E-state index is 0.0279. The first-order valence-electron chi connectivity index (χ1n) is 12.4. The van der Waals surface area contributed by atoms with Gasteiger partial charge in [0.1, 0.15) is 5.75 Å². The highest BCUT2D eigenvalue weighted by Crippen LogP contribution is 2.28. The van der Waals surface area contributed by atoms with Crippen molar-refractivity contribution in [2.45, 2.75) is 64.5 Å². The van der Waals surface area contributed by atoms with Crippen molar-refractivity contribution in [1.82, 2.24) is 15.5 Å². The molecule has 8 nitrogen and oxygen atoms in total. The molecule has 1 aliphatic heterocycles. The quantitative estimate of drug-likeness (QED) is 0.464. The van der Waals surface area contributed by atoms with Crippen LogP contribution in [0.15, 0.2) is 18.2 Å². The molecule has 2 fully saturated rings. The second-order valence-electron chi connectivity index (χ2n) is 9.22. The summed E-state index contributed by atoms with van der Waals surface area (Å²) >= 11 is 6.14. The topological polar surface area (TPSA) is 114 Å². The fourth-order valence-corrected chi connectivity index (χ4v) is 4.97. The normalized spacial score (nSPS) is 19.5. The van der Waals surface area contributed by atoms with Gasteiger partial charge >= 0.3 is 0 Å². The minimum atomic E-state index is -0.465. The first kappa shape index (κ1) is 26.3. The van der Waals surface area contributed by atoms with Crippen LogP contribution in [0.1, 0.15) is 57.4 Å². The SMILES string of the molecule is CCNC(=O)CCOc1ccc(Cl)cc1CNC(=O)C1CCN(C(=O)C(N)C2CCCCC2)C1. The molecule has 1 saturated carbocycles. The second kappa shape index (κ2) is 13.0. The molecule has 1 saturated heterocycles. The van der Waals surface area contributed by atoms with E-state index >= 15 is 0 Å². The van der Waals surface area contributed by atoms with Gasteiger partial charge in [-0.15, -0.1) is 0 Å². The summed E-state index contributed by atoms with van der Waals surface area (Å²) in [5.74, 6) is 0.368. The molecule has 34 heavy (non-hydrogen) atoms. The summed E-state index contributed by atoms with van der Waals surface area (Å²) in [5, 5.41) is 6.22. The molecular weight excluding hydrogens is 456 g/mol. The number of carbonyl (C=O) groups excluding carboxylic acids is 3. The van der Waals surface area contributed by atoms with Gasteiger partial charge in [0.15, 0.2) is 0 Å². The summed E-state index contributed by atoms with van der Waals surface area (Å²) in [6, 6.07) is 4.73. The number of ether oxygens (including phenoxy) is 1. The van der Waals surface area contributed by atoms with Gasteiger partial charge < -0.3 is 26.0 Å². The Balaban J connectivity index is 1.49. The van der Waals surface area contributed by atoms with Crippen molar-refractivity contribution in [1.29, 1.82) is 0 Å². The average Bonchev–Trinajstić information content (AvgIpc) is 3.34. The summed E-state index contributed by atoms with van der Waals surface area (Å²) in [7, 11) is 0. The molecule has 2 aliphatic rings. The molecule has 3 amide bonds. The van der Waals surface area contributed by atoms with E-state index in [1.807, 2.05) is 6.92 Å². The maximum atomic E-state index is 12.9. The zero-order valence-corrected chi connectivity index (χ0v) is 20.7. The van der Waals surface area contributed by atoms with E-state index < -0.39 is 6.04 Å². The Morgan fingerprint density at radius 2 is 1.94 bits per heavy atom. The highest BCUT2D eigenvalue weighted by atomic mass is 35.5. The number of carbonyl (C=O) groups is 3. The van der Waals surface area contributed by atoms with E-state index in [2.05, 4.69) is 10.6 Å². The highest BCUT2D eigenvalue weighted by Gasteiger charge is 2.35. The van der Waals surface area contributed by atoms with E-state index in [-0.39, 0.29) is 49.1 Å². The van der Waals surface area contributed by atoms with Gasteiger partial charge in [-0.25, -0.2) is 0 Å². The van der Waals surface area contributed by atoms with Crippen molar-refractivity contribution in [3.05, 3.63) is 28.8 Å². The van der Waals surface area contributed by atoms with E-state index in [1.54, 1.807) is 23.1 Å². The summed E-state index contributed by atoms with van der Waals surface area (Å²) in [4.78, 5) is 39.1. The molecule has 0 radical (unpaired) electrons. The van der Waals surface area contributed by atoms with Crippen molar-refractivity contribution in [3.8, 4) is 5.75 Å². The lowest BCUT2D eigenvalue weighted by atomic mass is 9.84. The van der Waals surface area contributed by atoms with Crippen molar-refractivity contribution in [3.63, 3.8) is 0 Å². The molecule has 1 aliphatic carbocycles. The fourth-order valence-electron chi connectivity index (χ4n) is 4.77. The number of hydrogen-bond donors (Lipinski definition) is 3. The van der Waals surface area contributed by atoms with E-state index in [0.717, 1.165) is 31.2 Å². The first-order valence-corrected chi connectivity index (χ1v) is 12.8. The molecule has 0 bridgehead atoms. The number of hydrogen-bond acceptors (Lipinski definition) is 5. The van der Waals surface area contributed by atoms with Crippen LogP contribution in [0.2, 0.25) is 5.02 Å². The number of likely N-dealkylation sites (tertiary alicyclic amines) is 1. The van der Waals surface area contributed by atoms with Crippen LogP contribution in [-0.4, -0.2) is 54.9 Å². The zero-order chi connectivity index (χ0) is 24.5. The van der Waals surface area contributed by atoms with Crippen LogP contribution < -0.4 is 21.1 Å². The third kappa shape index (κ3) is 7.34. The molecule has 2 unspecified atom stereocenters. The lowest BCUT2D eigenvalue weighted by molar-refractivity contribution is -0.133. The number of nitrogens with zero attached hydrogens (tertiary/aromatic N) is 1. The van der Waals surface area contributed by atoms with Gasteiger partial charge in [0, 0.05) is 36.8 Å². The number of nitrogens with one attached hydrogen (secondary N) is 2.